The Morgan fingerprint density at radius 2 is 2.17 bits per heavy atom. The fraction of sp³-hybridized carbons (Fsp3) is 0.500. The number of carboxylic acids is 1. The first kappa shape index (κ1) is 14.5. The summed E-state index contributed by atoms with van der Waals surface area (Å²) < 4.78 is 5.27. The van der Waals surface area contributed by atoms with Gasteiger partial charge < -0.3 is 15.2 Å². The van der Waals surface area contributed by atoms with Gasteiger partial charge in [-0.3, -0.25) is 4.79 Å². The van der Waals surface area contributed by atoms with Crippen molar-refractivity contribution >= 4 is 5.97 Å². The van der Waals surface area contributed by atoms with Crippen molar-refractivity contribution in [2.45, 2.75) is 19.8 Å². The average molecular weight is 251 g/mol. The molecule has 0 aliphatic rings. The molecule has 18 heavy (non-hydrogen) atoms. The van der Waals surface area contributed by atoms with Crippen molar-refractivity contribution in [3.05, 3.63) is 29.8 Å². The molecule has 1 rings (SSSR count). The maximum atomic E-state index is 10.5. The molecule has 0 saturated carbocycles. The van der Waals surface area contributed by atoms with E-state index in [1.54, 1.807) is 7.11 Å². The molecule has 0 radical (unpaired) electrons. The van der Waals surface area contributed by atoms with Gasteiger partial charge >= 0.3 is 5.97 Å². The molecule has 1 aromatic rings. The largest absolute Gasteiger partial charge is 0.496 e. The molecule has 0 fully saturated rings. The summed E-state index contributed by atoms with van der Waals surface area (Å²) in [6.07, 6.45) is 1.09. The molecule has 0 aromatic heterocycles. The van der Waals surface area contributed by atoms with E-state index in [9.17, 15) is 4.79 Å². The van der Waals surface area contributed by atoms with Gasteiger partial charge in [0.25, 0.3) is 0 Å². The van der Waals surface area contributed by atoms with Gasteiger partial charge in [0.1, 0.15) is 5.75 Å². The highest BCUT2D eigenvalue weighted by molar-refractivity contribution is 5.66. The first-order chi connectivity index (χ1) is 8.63. The van der Waals surface area contributed by atoms with Gasteiger partial charge in [0.2, 0.25) is 0 Å². The quantitative estimate of drug-likeness (QED) is 0.693. The minimum atomic E-state index is -0.742. The molecule has 4 nitrogen and oxygen atoms in total. The number of para-hydroxylation sites is 1. The van der Waals surface area contributed by atoms with Crippen molar-refractivity contribution in [1.29, 1.82) is 0 Å². The van der Waals surface area contributed by atoms with Crippen LogP contribution in [0.5, 0.6) is 5.75 Å². The number of nitrogens with one attached hydrogen (secondary N) is 1. The first-order valence-corrected chi connectivity index (χ1v) is 6.18. The zero-order valence-electron chi connectivity index (χ0n) is 11.0. The Hall–Kier alpha value is -1.55. The summed E-state index contributed by atoms with van der Waals surface area (Å²) >= 11 is 0. The van der Waals surface area contributed by atoms with E-state index >= 15 is 0 Å². The monoisotopic (exact) mass is 251 g/mol. The van der Waals surface area contributed by atoms with E-state index in [-0.39, 0.29) is 12.3 Å². The highest BCUT2D eigenvalue weighted by Gasteiger charge is 2.07. The van der Waals surface area contributed by atoms with Crippen LogP contribution in [0.25, 0.3) is 0 Å². The van der Waals surface area contributed by atoms with Crippen LogP contribution in [0.1, 0.15) is 18.9 Å². The maximum absolute atomic E-state index is 10.5. The molecule has 0 saturated heterocycles. The van der Waals surface area contributed by atoms with Crippen LogP contribution < -0.4 is 10.1 Å². The predicted molar refractivity (Wildman–Crippen MR) is 71.0 cm³/mol. The van der Waals surface area contributed by atoms with Crippen LogP contribution in [0, 0.1) is 5.92 Å². The molecule has 100 valence electrons. The van der Waals surface area contributed by atoms with Crippen molar-refractivity contribution in [3.63, 3.8) is 0 Å². The lowest BCUT2D eigenvalue weighted by Crippen LogP contribution is -2.25. The number of benzene rings is 1. The molecule has 0 spiro atoms. The highest BCUT2D eigenvalue weighted by Crippen LogP contribution is 2.17. The van der Waals surface area contributed by atoms with Gasteiger partial charge in [-0.25, -0.2) is 0 Å². The lowest BCUT2D eigenvalue weighted by Gasteiger charge is -2.11. The molecule has 1 atom stereocenters. The second-order valence-corrected chi connectivity index (χ2v) is 4.47. The fourth-order valence-electron chi connectivity index (χ4n) is 1.85. The molecule has 0 heterocycles. The zero-order valence-corrected chi connectivity index (χ0v) is 11.0. The van der Waals surface area contributed by atoms with Gasteiger partial charge in [0.15, 0.2) is 0 Å². The SMILES string of the molecule is COc1ccccc1CCNCC(C)CC(=O)O. The Morgan fingerprint density at radius 3 is 2.83 bits per heavy atom. The van der Waals surface area contributed by atoms with Gasteiger partial charge in [-0.1, -0.05) is 25.1 Å². The Balaban J connectivity index is 2.27. The van der Waals surface area contributed by atoms with E-state index in [1.807, 2.05) is 31.2 Å². The second-order valence-electron chi connectivity index (χ2n) is 4.47. The molecule has 1 aromatic carbocycles. The van der Waals surface area contributed by atoms with Crippen LogP contribution in [0.15, 0.2) is 24.3 Å². The number of carbonyl (C=O) groups is 1. The van der Waals surface area contributed by atoms with Gasteiger partial charge in [0.05, 0.1) is 7.11 Å². The number of aliphatic carboxylic acids is 1. The van der Waals surface area contributed by atoms with Gasteiger partial charge in [-0.15, -0.1) is 0 Å². The lowest BCUT2D eigenvalue weighted by molar-refractivity contribution is -0.137. The van der Waals surface area contributed by atoms with Crippen molar-refractivity contribution in [2.24, 2.45) is 5.92 Å². The summed E-state index contributed by atoms with van der Waals surface area (Å²) in [5.41, 5.74) is 1.17. The summed E-state index contributed by atoms with van der Waals surface area (Å²) in [5, 5.41) is 11.9. The fourth-order valence-corrected chi connectivity index (χ4v) is 1.85. The molecule has 0 aliphatic heterocycles. The minimum Gasteiger partial charge on any atom is -0.496 e. The molecule has 0 aliphatic carbocycles. The number of carboxylic acid groups (broad SMARTS) is 1. The Morgan fingerprint density at radius 1 is 1.44 bits per heavy atom. The van der Waals surface area contributed by atoms with Crippen LogP contribution in [-0.2, 0) is 11.2 Å². The number of hydrogen-bond acceptors (Lipinski definition) is 3. The van der Waals surface area contributed by atoms with E-state index in [0.717, 1.165) is 25.3 Å². The third-order valence-corrected chi connectivity index (χ3v) is 2.78. The summed E-state index contributed by atoms with van der Waals surface area (Å²) in [5.74, 6) is 0.312. The van der Waals surface area contributed by atoms with Crippen LogP contribution in [0.2, 0.25) is 0 Å². The molecule has 2 N–H and O–H groups in total. The summed E-state index contributed by atoms with van der Waals surface area (Å²) in [6, 6.07) is 7.93. The molecular weight excluding hydrogens is 230 g/mol. The van der Waals surface area contributed by atoms with Crippen molar-refractivity contribution < 1.29 is 14.6 Å². The summed E-state index contributed by atoms with van der Waals surface area (Å²) in [6.45, 7) is 3.48. The zero-order chi connectivity index (χ0) is 13.4. The second kappa shape index (κ2) is 7.71. The van der Waals surface area contributed by atoms with Crippen LogP contribution in [-0.4, -0.2) is 31.3 Å². The molecule has 0 amide bonds. The van der Waals surface area contributed by atoms with Crippen LogP contribution >= 0.6 is 0 Å². The van der Waals surface area contributed by atoms with Gasteiger partial charge in [-0.05, 0) is 37.1 Å². The van der Waals surface area contributed by atoms with Gasteiger partial charge in [0, 0.05) is 6.42 Å². The van der Waals surface area contributed by atoms with E-state index < -0.39 is 5.97 Å². The lowest BCUT2D eigenvalue weighted by atomic mass is 10.1. The normalized spacial score (nSPS) is 12.1. The predicted octanol–water partition coefficient (Wildman–Crippen LogP) is 1.94. The standard InChI is InChI=1S/C14H21NO3/c1-11(9-14(16)17)10-15-8-7-12-5-3-4-6-13(12)18-2/h3-6,11,15H,7-10H2,1-2H3,(H,16,17). The Kier molecular flexibility index (Phi) is 6.22. The first-order valence-electron chi connectivity index (χ1n) is 6.18. The summed E-state index contributed by atoms with van der Waals surface area (Å²) in [7, 11) is 1.67. The van der Waals surface area contributed by atoms with Crippen molar-refractivity contribution in [1.82, 2.24) is 5.32 Å². The number of ether oxygens (including phenoxy) is 1. The van der Waals surface area contributed by atoms with Gasteiger partial charge in [-0.2, -0.15) is 0 Å². The molecule has 4 heteroatoms. The average Bonchev–Trinajstić information content (AvgIpc) is 2.34. The van der Waals surface area contributed by atoms with Crippen molar-refractivity contribution in [3.8, 4) is 5.75 Å². The minimum absolute atomic E-state index is 0.153. The van der Waals surface area contributed by atoms with E-state index in [2.05, 4.69) is 5.32 Å². The van der Waals surface area contributed by atoms with E-state index in [1.165, 1.54) is 5.56 Å². The van der Waals surface area contributed by atoms with Crippen molar-refractivity contribution in [2.75, 3.05) is 20.2 Å². The van der Waals surface area contributed by atoms with E-state index in [4.69, 9.17) is 9.84 Å². The maximum Gasteiger partial charge on any atom is 0.303 e. The highest BCUT2D eigenvalue weighted by atomic mass is 16.5. The van der Waals surface area contributed by atoms with Crippen LogP contribution in [0.3, 0.4) is 0 Å². The smallest absolute Gasteiger partial charge is 0.303 e. The third kappa shape index (κ3) is 5.19. The molecule has 1 unspecified atom stereocenters. The number of rotatable bonds is 8. The topological polar surface area (TPSA) is 58.6 Å². The van der Waals surface area contributed by atoms with E-state index in [0.29, 0.717) is 0 Å². The van der Waals surface area contributed by atoms with Crippen LogP contribution in [0.4, 0.5) is 0 Å². The molecule has 0 bridgehead atoms. The Labute approximate surface area is 108 Å². The third-order valence-electron chi connectivity index (χ3n) is 2.78. The summed E-state index contributed by atoms with van der Waals surface area (Å²) in [4.78, 5) is 10.5. The molecular formula is C14H21NO3. The number of methoxy groups -OCH3 is 1. The number of hydrogen-bond donors (Lipinski definition) is 2. The Bertz CT molecular complexity index is 379.